The van der Waals surface area contributed by atoms with Crippen LogP contribution in [-0.4, -0.2) is 11.4 Å². The normalized spacial score (nSPS) is 14.7. The summed E-state index contributed by atoms with van der Waals surface area (Å²) >= 11 is 1.38. The summed E-state index contributed by atoms with van der Waals surface area (Å²) in [7, 11) is 0. The third-order valence-electron chi connectivity index (χ3n) is 2.76. The Kier molecular flexibility index (Phi) is 3.86. The maximum atomic E-state index is 9.05. The minimum Gasteiger partial charge on any atom is -0.271 e. The van der Waals surface area contributed by atoms with Gasteiger partial charge in [0.15, 0.2) is 11.4 Å². The molecule has 0 saturated heterocycles. The fourth-order valence-electron chi connectivity index (χ4n) is 1.74. The molecule has 1 aromatic carbocycles. The van der Waals surface area contributed by atoms with Crippen LogP contribution >= 0.6 is 11.8 Å². The first-order valence-corrected chi connectivity index (χ1v) is 6.82. The Morgan fingerprint density at radius 1 is 1.44 bits per heavy atom. The first-order chi connectivity index (χ1) is 8.78. The number of thioether (sulfide) groups is 1. The van der Waals surface area contributed by atoms with Crippen LogP contribution in [0.5, 0.6) is 0 Å². The van der Waals surface area contributed by atoms with Gasteiger partial charge in [-0.15, -0.1) is 0 Å². The SMILES string of the molecule is CSC(=Nc1ccc(C#N)c(C2CC2)c1)NC#N. The van der Waals surface area contributed by atoms with E-state index in [-0.39, 0.29) is 0 Å². The topological polar surface area (TPSA) is 72.0 Å². The quantitative estimate of drug-likeness (QED) is 0.382. The molecule has 90 valence electrons. The van der Waals surface area contributed by atoms with Crippen LogP contribution in [0.1, 0.15) is 29.9 Å². The van der Waals surface area contributed by atoms with Crippen LogP contribution in [0.3, 0.4) is 0 Å². The predicted molar refractivity (Wildman–Crippen MR) is 72.5 cm³/mol. The van der Waals surface area contributed by atoms with Gasteiger partial charge >= 0.3 is 0 Å². The minimum atomic E-state index is 0.511. The highest BCUT2D eigenvalue weighted by molar-refractivity contribution is 8.13. The molecule has 1 aliphatic rings. The van der Waals surface area contributed by atoms with Gasteiger partial charge in [-0.2, -0.15) is 10.5 Å². The number of aliphatic imine (C=N–C) groups is 1. The standard InChI is InChI=1S/C13H12N4S/c1-18-13(16-8-15)17-11-5-4-10(7-14)12(6-11)9-2-3-9/h4-6,9H,2-3H2,1H3,(H,16,17). The first kappa shape index (κ1) is 12.5. The highest BCUT2D eigenvalue weighted by Gasteiger charge is 2.26. The van der Waals surface area contributed by atoms with Crippen molar-refractivity contribution >= 4 is 22.6 Å². The molecule has 0 atom stereocenters. The Balaban J connectivity index is 2.33. The van der Waals surface area contributed by atoms with E-state index in [4.69, 9.17) is 10.5 Å². The van der Waals surface area contributed by atoms with Crippen LogP contribution in [0.15, 0.2) is 23.2 Å². The van der Waals surface area contributed by atoms with E-state index < -0.39 is 0 Å². The Bertz CT molecular complexity index is 561. The second kappa shape index (κ2) is 5.57. The summed E-state index contributed by atoms with van der Waals surface area (Å²) < 4.78 is 0. The molecule has 2 rings (SSSR count). The summed E-state index contributed by atoms with van der Waals surface area (Å²) in [5.74, 6) is 0.511. The second-order valence-corrected chi connectivity index (χ2v) is 4.81. The average molecular weight is 256 g/mol. The number of nitrogens with one attached hydrogen (secondary N) is 1. The van der Waals surface area contributed by atoms with Gasteiger partial charge in [0, 0.05) is 0 Å². The summed E-state index contributed by atoms with van der Waals surface area (Å²) in [5.41, 5.74) is 2.59. The van der Waals surface area contributed by atoms with Gasteiger partial charge in [0.25, 0.3) is 0 Å². The van der Waals surface area contributed by atoms with Crippen molar-refractivity contribution in [3.63, 3.8) is 0 Å². The van der Waals surface area contributed by atoms with Crippen LogP contribution in [0, 0.1) is 22.8 Å². The summed E-state index contributed by atoms with van der Waals surface area (Å²) in [6, 6.07) is 7.77. The molecule has 0 heterocycles. The molecule has 0 amide bonds. The molecular weight excluding hydrogens is 244 g/mol. The van der Waals surface area contributed by atoms with Crippen molar-refractivity contribution < 1.29 is 0 Å². The molecule has 18 heavy (non-hydrogen) atoms. The van der Waals surface area contributed by atoms with E-state index in [9.17, 15) is 0 Å². The van der Waals surface area contributed by atoms with Gasteiger partial charge in [-0.05, 0) is 48.8 Å². The van der Waals surface area contributed by atoms with E-state index in [1.54, 1.807) is 12.1 Å². The summed E-state index contributed by atoms with van der Waals surface area (Å²) in [6.45, 7) is 0. The lowest BCUT2D eigenvalue weighted by molar-refractivity contribution is 1.11. The predicted octanol–water partition coefficient (Wildman–Crippen LogP) is 2.86. The van der Waals surface area contributed by atoms with Gasteiger partial charge in [-0.1, -0.05) is 11.8 Å². The van der Waals surface area contributed by atoms with E-state index in [1.165, 1.54) is 11.8 Å². The average Bonchev–Trinajstić information content (AvgIpc) is 3.22. The molecule has 0 bridgehead atoms. The van der Waals surface area contributed by atoms with Gasteiger partial charge in [0.1, 0.15) is 0 Å². The van der Waals surface area contributed by atoms with Crippen molar-refractivity contribution in [3.8, 4) is 12.3 Å². The Hall–Kier alpha value is -1.98. The smallest absolute Gasteiger partial charge is 0.183 e. The summed E-state index contributed by atoms with van der Waals surface area (Å²) in [5, 5.41) is 20.7. The third-order valence-corrected chi connectivity index (χ3v) is 3.34. The highest BCUT2D eigenvalue weighted by atomic mass is 32.2. The van der Waals surface area contributed by atoms with Crippen LogP contribution < -0.4 is 5.32 Å². The first-order valence-electron chi connectivity index (χ1n) is 5.60. The van der Waals surface area contributed by atoms with Gasteiger partial charge in [0.05, 0.1) is 17.3 Å². The Morgan fingerprint density at radius 2 is 2.22 bits per heavy atom. The van der Waals surface area contributed by atoms with Crippen molar-refractivity contribution in [2.24, 2.45) is 4.99 Å². The zero-order valence-corrected chi connectivity index (χ0v) is 10.8. The summed E-state index contributed by atoms with van der Waals surface area (Å²) in [4.78, 5) is 4.35. The van der Waals surface area contributed by atoms with Crippen molar-refractivity contribution in [2.45, 2.75) is 18.8 Å². The van der Waals surface area contributed by atoms with E-state index >= 15 is 0 Å². The van der Waals surface area contributed by atoms with Gasteiger partial charge < -0.3 is 0 Å². The highest BCUT2D eigenvalue weighted by Crippen LogP contribution is 2.42. The molecule has 1 saturated carbocycles. The second-order valence-electron chi connectivity index (χ2n) is 4.02. The summed E-state index contributed by atoms with van der Waals surface area (Å²) in [6.07, 6.45) is 6.01. The minimum absolute atomic E-state index is 0.511. The van der Waals surface area contributed by atoms with E-state index in [0.717, 1.165) is 29.7 Å². The number of rotatable bonds is 2. The zero-order chi connectivity index (χ0) is 13.0. The molecule has 5 heteroatoms. The van der Waals surface area contributed by atoms with E-state index in [1.807, 2.05) is 18.5 Å². The molecule has 0 spiro atoms. The largest absolute Gasteiger partial charge is 0.271 e. The molecule has 0 radical (unpaired) electrons. The van der Waals surface area contributed by atoms with Gasteiger partial charge in [0.2, 0.25) is 0 Å². The lowest BCUT2D eigenvalue weighted by Crippen LogP contribution is -2.12. The molecule has 1 N–H and O–H groups in total. The molecule has 1 fully saturated rings. The van der Waals surface area contributed by atoms with Crippen LogP contribution in [0.4, 0.5) is 5.69 Å². The third kappa shape index (κ3) is 2.82. The maximum Gasteiger partial charge on any atom is 0.183 e. The molecule has 0 aliphatic heterocycles. The number of hydrogen-bond donors (Lipinski definition) is 1. The Morgan fingerprint density at radius 3 is 2.78 bits per heavy atom. The lowest BCUT2D eigenvalue weighted by Gasteiger charge is -2.04. The Labute approximate surface area is 110 Å². The zero-order valence-electron chi connectivity index (χ0n) is 9.97. The maximum absolute atomic E-state index is 9.05. The molecule has 0 aromatic heterocycles. The van der Waals surface area contributed by atoms with E-state index in [0.29, 0.717) is 11.1 Å². The molecule has 4 nitrogen and oxygen atoms in total. The number of nitriles is 2. The number of hydrogen-bond acceptors (Lipinski definition) is 4. The monoisotopic (exact) mass is 256 g/mol. The van der Waals surface area contributed by atoms with Crippen LogP contribution in [-0.2, 0) is 0 Å². The van der Waals surface area contributed by atoms with Crippen molar-refractivity contribution in [3.05, 3.63) is 29.3 Å². The fraction of sp³-hybridized carbons (Fsp3) is 0.308. The van der Waals surface area contributed by atoms with E-state index in [2.05, 4.69) is 16.4 Å². The van der Waals surface area contributed by atoms with Crippen molar-refractivity contribution in [1.82, 2.24) is 5.32 Å². The number of benzene rings is 1. The van der Waals surface area contributed by atoms with Crippen molar-refractivity contribution in [2.75, 3.05) is 6.26 Å². The number of amidine groups is 1. The molecular formula is C13H12N4S. The fourth-order valence-corrected chi connectivity index (χ4v) is 2.09. The van der Waals surface area contributed by atoms with Crippen LogP contribution in [0.2, 0.25) is 0 Å². The van der Waals surface area contributed by atoms with Gasteiger partial charge in [-0.3, -0.25) is 5.32 Å². The number of nitrogens with zero attached hydrogens (tertiary/aromatic N) is 3. The van der Waals surface area contributed by atoms with Crippen LogP contribution in [0.25, 0.3) is 0 Å². The van der Waals surface area contributed by atoms with Gasteiger partial charge in [-0.25, -0.2) is 4.99 Å². The van der Waals surface area contributed by atoms with Crippen molar-refractivity contribution in [1.29, 1.82) is 10.5 Å². The molecule has 1 aromatic rings. The molecule has 1 aliphatic carbocycles. The molecule has 0 unspecified atom stereocenters. The lowest BCUT2D eigenvalue weighted by atomic mass is 10.0.